The molecule has 0 unspecified atom stereocenters. The Kier molecular flexibility index (Phi) is 4.21. The average Bonchev–Trinajstić information content (AvgIpc) is 2.69. The minimum absolute atomic E-state index is 0.483. The highest BCUT2D eigenvalue weighted by Gasteiger charge is 2.21. The van der Waals surface area contributed by atoms with Gasteiger partial charge in [0.1, 0.15) is 5.82 Å². The van der Waals surface area contributed by atoms with Gasteiger partial charge in [-0.3, -0.25) is 0 Å². The van der Waals surface area contributed by atoms with Gasteiger partial charge in [-0.25, -0.2) is 4.98 Å². The van der Waals surface area contributed by atoms with Crippen molar-refractivity contribution in [1.82, 2.24) is 15.3 Å². The second-order valence-corrected chi connectivity index (χ2v) is 4.49. The quantitative estimate of drug-likeness (QED) is 0.847. The van der Waals surface area contributed by atoms with E-state index in [0.29, 0.717) is 11.1 Å². The van der Waals surface area contributed by atoms with Gasteiger partial charge in [0.2, 0.25) is 0 Å². The summed E-state index contributed by atoms with van der Waals surface area (Å²) >= 11 is 6.15. The van der Waals surface area contributed by atoms with Crippen LogP contribution in [0.3, 0.4) is 0 Å². The van der Waals surface area contributed by atoms with Gasteiger partial charge >= 0.3 is 0 Å². The third-order valence-corrected chi connectivity index (χ3v) is 3.26. The molecule has 2 heterocycles. The fourth-order valence-corrected chi connectivity index (χ4v) is 2.34. The number of halogens is 1. The molecule has 0 amide bonds. The van der Waals surface area contributed by atoms with Gasteiger partial charge in [0, 0.05) is 32.1 Å². The monoisotopic (exact) mass is 243 g/mol. The zero-order valence-corrected chi connectivity index (χ0v) is 10.3. The molecule has 1 aliphatic rings. The maximum Gasteiger partial charge on any atom is 0.150 e. The first-order chi connectivity index (χ1) is 7.81. The number of nitrogens with one attached hydrogen (secondary N) is 2. The maximum atomic E-state index is 6.15. The Bertz CT molecular complexity index is 334. The first-order valence-electron chi connectivity index (χ1n) is 5.78. The van der Waals surface area contributed by atoms with E-state index < -0.39 is 0 Å². The van der Waals surface area contributed by atoms with E-state index in [1.807, 2.05) is 7.05 Å². The Morgan fingerprint density at radius 3 is 2.94 bits per heavy atom. The van der Waals surface area contributed by atoms with Crippen LogP contribution in [0.5, 0.6) is 0 Å². The Labute approximate surface area is 101 Å². The molecule has 1 aromatic heterocycles. The molecule has 5 heteroatoms. The summed E-state index contributed by atoms with van der Waals surface area (Å²) in [5, 5.41) is 3.74. The van der Waals surface area contributed by atoms with Gasteiger partial charge in [0.15, 0.2) is 5.15 Å². The minimum atomic E-state index is 0.483. The summed E-state index contributed by atoms with van der Waals surface area (Å²) in [4.78, 5) is 7.70. The number of hydrogen-bond acceptors (Lipinski definition) is 3. The second-order valence-electron chi connectivity index (χ2n) is 4.13. The summed E-state index contributed by atoms with van der Waals surface area (Å²) in [5.41, 5.74) is 1.09. The number of H-pyrrole nitrogens is 1. The van der Waals surface area contributed by atoms with E-state index in [1.165, 1.54) is 0 Å². The molecule has 1 fully saturated rings. The van der Waals surface area contributed by atoms with Crippen LogP contribution in [0.4, 0.5) is 0 Å². The number of imidazole rings is 1. The van der Waals surface area contributed by atoms with Gasteiger partial charge in [-0.15, -0.1) is 0 Å². The molecule has 0 atom stereocenters. The highest BCUT2D eigenvalue weighted by atomic mass is 35.5. The van der Waals surface area contributed by atoms with Gasteiger partial charge in [-0.1, -0.05) is 11.6 Å². The van der Waals surface area contributed by atoms with Gasteiger partial charge < -0.3 is 15.0 Å². The molecule has 1 aromatic rings. The van der Waals surface area contributed by atoms with E-state index in [4.69, 9.17) is 16.3 Å². The van der Waals surface area contributed by atoms with Gasteiger partial charge in [0.05, 0.1) is 5.69 Å². The van der Waals surface area contributed by atoms with Crippen molar-refractivity contribution in [2.24, 2.45) is 0 Å². The third-order valence-electron chi connectivity index (χ3n) is 2.98. The van der Waals surface area contributed by atoms with Crippen LogP contribution in [0.15, 0.2) is 0 Å². The van der Waals surface area contributed by atoms with E-state index in [1.54, 1.807) is 0 Å². The summed E-state index contributed by atoms with van der Waals surface area (Å²) in [6.07, 6.45) is 2.96. The lowest BCUT2D eigenvalue weighted by Gasteiger charge is -2.20. The second kappa shape index (κ2) is 5.66. The average molecular weight is 244 g/mol. The molecule has 2 N–H and O–H groups in total. The normalized spacial score (nSPS) is 17.9. The SMILES string of the molecule is CNCCc1nc(Cl)c(C2CCOCC2)[nH]1. The van der Waals surface area contributed by atoms with Crippen molar-refractivity contribution in [3.05, 3.63) is 16.7 Å². The molecule has 0 aromatic carbocycles. The van der Waals surface area contributed by atoms with Crippen molar-refractivity contribution in [2.45, 2.75) is 25.2 Å². The summed E-state index contributed by atoms with van der Waals surface area (Å²) in [6, 6.07) is 0. The molecule has 0 spiro atoms. The fraction of sp³-hybridized carbons (Fsp3) is 0.727. The zero-order valence-electron chi connectivity index (χ0n) is 9.55. The first-order valence-corrected chi connectivity index (χ1v) is 6.15. The molecule has 1 aliphatic heterocycles. The van der Waals surface area contributed by atoms with Crippen LogP contribution in [0.25, 0.3) is 0 Å². The van der Waals surface area contributed by atoms with Crippen LogP contribution in [0.2, 0.25) is 5.15 Å². The number of aromatic nitrogens is 2. The zero-order chi connectivity index (χ0) is 11.4. The predicted octanol–water partition coefficient (Wildman–Crippen LogP) is 1.72. The van der Waals surface area contributed by atoms with E-state index in [-0.39, 0.29) is 0 Å². The maximum absolute atomic E-state index is 6.15. The number of rotatable bonds is 4. The minimum Gasteiger partial charge on any atom is -0.381 e. The molecular weight excluding hydrogens is 226 g/mol. The number of hydrogen-bond donors (Lipinski definition) is 2. The lowest BCUT2D eigenvalue weighted by atomic mass is 9.97. The van der Waals surface area contributed by atoms with Crippen molar-refractivity contribution < 1.29 is 4.74 Å². The highest BCUT2D eigenvalue weighted by Crippen LogP contribution is 2.30. The van der Waals surface area contributed by atoms with Crippen LogP contribution in [0, 0.1) is 0 Å². The molecule has 90 valence electrons. The van der Waals surface area contributed by atoms with Crippen LogP contribution in [-0.4, -0.2) is 36.8 Å². The predicted molar refractivity (Wildman–Crippen MR) is 64.0 cm³/mol. The Balaban J connectivity index is 2.04. The van der Waals surface area contributed by atoms with E-state index >= 15 is 0 Å². The molecule has 1 saturated heterocycles. The molecule has 16 heavy (non-hydrogen) atoms. The molecule has 0 radical (unpaired) electrons. The van der Waals surface area contributed by atoms with Crippen molar-refractivity contribution in [3.8, 4) is 0 Å². The number of likely N-dealkylation sites (N-methyl/N-ethyl adjacent to an activating group) is 1. The molecule has 0 saturated carbocycles. The van der Waals surface area contributed by atoms with E-state index in [0.717, 1.165) is 50.5 Å². The van der Waals surface area contributed by atoms with Crippen molar-refractivity contribution >= 4 is 11.6 Å². The number of aromatic amines is 1. The standard InChI is InChI=1S/C11H18ClN3O/c1-13-5-2-9-14-10(11(12)15-9)8-3-6-16-7-4-8/h8,13H,2-7H2,1H3,(H,14,15). The highest BCUT2D eigenvalue weighted by molar-refractivity contribution is 6.30. The smallest absolute Gasteiger partial charge is 0.150 e. The Morgan fingerprint density at radius 2 is 2.25 bits per heavy atom. The van der Waals surface area contributed by atoms with Crippen molar-refractivity contribution in [3.63, 3.8) is 0 Å². The van der Waals surface area contributed by atoms with Crippen molar-refractivity contribution in [2.75, 3.05) is 26.8 Å². The fourth-order valence-electron chi connectivity index (χ4n) is 2.03. The summed E-state index contributed by atoms with van der Waals surface area (Å²) in [7, 11) is 1.93. The first kappa shape index (κ1) is 11.9. The number of nitrogens with zero attached hydrogens (tertiary/aromatic N) is 1. The van der Waals surface area contributed by atoms with E-state index in [9.17, 15) is 0 Å². The van der Waals surface area contributed by atoms with E-state index in [2.05, 4.69) is 15.3 Å². The topological polar surface area (TPSA) is 49.9 Å². The van der Waals surface area contributed by atoms with Gasteiger partial charge in [0.25, 0.3) is 0 Å². The lowest BCUT2D eigenvalue weighted by Crippen LogP contribution is -2.15. The Morgan fingerprint density at radius 1 is 1.50 bits per heavy atom. The molecule has 4 nitrogen and oxygen atoms in total. The largest absolute Gasteiger partial charge is 0.381 e. The summed E-state index contributed by atoms with van der Waals surface area (Å²) in [6.45, 7) is 2.56. The van der Waals surface area contributed by atoms with Crippen LogP contribution in [0.1, 0.15) is 30.3 Å². The Hall–Kier alpha value is -0.580. The summed E-state index contributed by atoms with van der Waals surface area (Å²) < 4.78 is 5.35. The van der Waals surface area contributed by atoms with Crippen LogP contribution < -0.4 is 5.32 Å². The van der Waals surface area contributed by atoms with Gasteiger partial charge in [-0.2, -0.15) is 0 Å². The van der Waals surface area contributed by atoms with Crippen LogP contribution >= 0.6 is 11.6 Å². The molecule has 0 aliphatic carbocycles. The van der Waals surface area contributed by atoms with Crippen molar-refractivity contribution in [1.29, 1.82) is 0 Å². The molecular formula is C11H18ClN3O. The lowest BCUT2D eigenvalue weighted by molar-refractivity contribution is 0.0846. The molecule has 2 rings (SSSR count). The third kappa shape index (κ3) is 2.75. The van der Waals surface area contributed by atoms with Gasteiger partial charge in [-0.05, 0) is 19.9 Å². The van der Waals surface area contributed by atoms with Crippen LogP contribution in [-0.2, 0) is 11.2 Å². The molecule has 0 bridgehead atoms. The summed E-state index contributed by atoms with van der Waals surface area (Å²) in [5.74, 6) is 1.46. The number of ether oxygens (including phenoxy) is 1.